The topological polar surface area (TPSA) is 24.4 Å². The van der Waals surface area contributed by atoms with E-state index < -0.39 is 0 Å². The van der Waals surface area contributed by atoms with Gasteiger partial charge in [-0.3, -0.25) is 4.99 Å². The van der Waals surface area contributed by atoms with Crippen LogP contribution in [0.2, 0.25) is 0 Å². The van der Waals surface area contributed by atoms with Crippen LogP contribution in [0.15, 0.2) is 4.99 Å². The molecule has 114 valence electrons. The van der Waals surface area contributed by atoms with Crippen LogP contribution in [0.1, 0.15) is 58.3 Å². The SMILES string of the molecule is CSC1CCC(N=C2NC3(CCC(C)CC3)CS2)CC1. The second-order valence-electron chi connectivity index (χ2n) is 6.98. The number of nitrogens with zero attached hydrogens (tertiary/aromatic N) is 1. The zero-order valence-electron chi connectivity index (χ0n) is 12.9. The van der Waals surface area contributed by atoms with Gasteiger partial charge in [-0.15, -0.1) is 0 Å². The molecule has 1 heterocycles. The van der Waals surface area contributed by atoms with E-state index in [9.17, 15) is 0 Å². The number of hydrogen-bond acceptors (Lipinski definition) is 3. The Morgan fingerprint density at radius 3 is 2.50 bits per heavy atom. The molecular formula is C16H28N2S2. The quantitative estimate of drug-likeness (QED) is 0.822. The standard InChI is InChI=1S/C16H28N2S2/c1-12-7-9-16(10-8-12)11-20-15(18-16)17-13-3-5-14(19-2)6-4-13/h12-14H,3-11H2,1-2H3,(H,17,18). The van der Waals surface area contributed by atoms with Crippen LogP contribution in [-0.2, 0) is 0 Å². The van der Waals surface area contributed by atoms with Crippen LogP contribution < -0.4 is 5.32 Å². The van der Waals surface area contributed by atoms with E-state index in [0.717, 1.165) is 11.2 Å². The fourth-order valence-corrected chi connectivity index (χ4v) is 5.76. The van der Waals surface area contributed by atoms with Gasteiger partial charge >= 0.3 is 0 Å². The van der Waals surface area contributed by atoms with Crippen LogP contribution in [0.4, 0.5) is 0 Å². The number of nitrogens with one attached hydrogen (secondary N) is 1. The van der Waals surface area contributed by atoms with Crippen LogP contribution in [0.25, 0.3) is 0 Å². The van der Waals surface area contributed by atoms with E-state index in [2.05, 4.69) is 18.5 Å². The summed E-state index contributed by atoms with van der Waals surface area (Å²) < 4.78 is 0. The maximum absolute atomic E-state index is 5.03. The second kappa shape index (κ2) is 6.51. The molecule has 3 fully saturated rings. The number of rotatable bonds is 2. The van der Waals surface area contributed by atoms with E-state index in [1.54, 1.807) is 0 Å². The molecule has 0 bridgehead atoms. The average Bonchev–Trinajstić information content (AvgIpc) is 2.86. The van der Waals surface area contributed by atoms with E-state index in [0.29, 0.717) is 11.6 Å². The predicted molar refractivity (Wildman–Crippen MR) is 93.0 cm³/mol. The molecule has 1 N–H and O–H groups in total. The molecule has 1 aliphatic heterocycles. The lowest BCUT2D eigenvalue weighted by atomic mass is 9.78. The van der Waals surface area contributed by atoms with Crippen LogP contribution in [0.3, 0.4) is 0 Å². The van der Waals surface area contributed by atoms with Gasteiger partial charge in [-0.05, 0) is 63.5 Å². The largest absolute Gasteiger partial charge is 0.359 e. The fraction of sp³-hybridized carbons (Fsp3) is 0.938. The third kappa shape index (κ3) is 3.49. The van der Waals surface area contributed by atoms with Gasteiger partial charge in [0.15, 0.2) is 5.17 Å². The van der Waals surface area contributed by atoms with Crippen molar-refractivity contribution in [2.24, 2.45) is 10.9 Å². The van der Waals surface area contributed by atoms with E-state index in [1.165, 1.54) is 62.3 Å². The first-order chi connectivity index (χ1) is 9.69. The van der Waals surface area contributed by atoms with E-state index in [1.807, 2.05) is 23.5 Å². The van der Waals surface area contributed by atoms with Crippen molar-refractivity contribution >= 4 is 28.7 Å². The summed E-state index contributed by atoms with van der Waals surface area (Å²) in [5.41, 5.74) is 0.395. The Labute approximate surface area is 132 Å². The lowest BCUT2D eigenvalue weighted by Crippen LogP contribution is -2.46. The Morgan fingerprint density at radius 2 is 1.85 bits per heavy atom. The summed E-state index contributed by atoms with van der Waals surface area (Å²) in [5, 5.41) is 5.95. The number of aliphatic imine (C=N–C) groups is 1. The highest BCUT2D eigenvalue weighted by Crippen LogP contribution is 2.39. The van der Waals surface area contributed by atoms with E-state index in [-0.39, 0.29) is 0 Å². The molecule has 0 aromatic rings. The van der Waals surface area contributed by atoms with Crippen molar-refractivity contribution in [2.45, 2.75) is 75.1 Å². The average molecular weight is 313 g/mol. The van der Waals surface area contributed by atoms with Crippen molar-refractivity contribution in [1.29, 1.82) is 0 Å². The van der Waals surface area contributed by atoms with Crippen molar-refractivity contribution in [3.05, 3.63) is 0 Å². The summed E-state index contributed by atoms with van der Waals surface area (Å²) >= 11 is 4.02. The summed E-state index contributed by atoms with van der Waals surface area (Å²) in [6.45, 7) is 2.40. The minimum atomic E-state index is 0.395. The monoisotopic (exact) mass is 312 g/mol. The molecule has 0 radical (unpaired) electrons. The lowest BCUT2D eigenvalue weighted by Gasteiger charge is -2.35. The molecule has 2 saturated carbocycles. The first kappa shape index (κ1) is 15.1. The van der Waals surface area contributed by atoms with Gasteiger partial charge in [0.25, 0.3) is 0 Å². The molecule has 0 unspecified atom stereocenters. The second-order valence-corrected chi connectivity index (χ2v) is 9.08. The van der Waals surface area contributed by atoms with Gasteiger partial charge in [0.05, 0.1) is 6.04 Å². The third-order valence-corrected chi connectivity index (χ3v) is 7.68. The summed E-state index contributed by atoms with van der Waals surface area (Å²) in [5.74, 6) is 2.17. The molecule has 1 spiro atoms. The molecule has 0 aromatic carbocycles. The highest BCUT2D eigenvalue weighted by atomic mass is 32.2. The Morgan fingerprint density at radius 1 is 1.15 bits per heavy atom. The van der Waals surface area contributed by atoms with Crippen molar-refractivity contribution in [2.75, 3.05) is 12.0 Å². The van der Waals surface area contributed by atoms with Crippen LogP contribution >= 0.6 is 23.5 Å². The normalized spacial score (nSPS) is 43.9. The molecule has 0 atom stereocenters. The van der Waals surface area contributed by atoms with Crippen molar-refractivity contribution in [3.63, 3.8) is 0 Å². The first-order valence-electron chi connectivity index (χ1n) is 8.21. The van der Waals surface area contributed by atoms with Gasteiger partial charge in [-0.1, -0.05) is 18.7 Å². The zero-order chi connectivity index (χ0) is 14.0. The maximum atomic E-state index is 5.03. The molecule has 20 heavy (non-hydrogen) atoms. The summed E-state index contributed by atoms with van der Waals surface area (Å²) in [4.78, 5) is 5.03. The van der Waals surface area contributed by atoms with Gasteiger partial charge < -0.3 is 5.32 Å². The Hall–Kier alpha value is 0.170. The fourth-order valence-electron chi connectivity index (χ4n) is 3.73. The van der Waals surface area contributed by atoms with Crippen molar-refractivity contribution < 1.29 is 0 Å². The number of thioether (sulfide) groups is 2. The van der Waals surface area contributed by atoms with Crippen LogP contribution in [-0.4, -0.2) is 34.0 Å². The minimum absolute atomic E-state index is 0.395. The molecule has 4 heteroatoms. The van der Waals surface area contributed by atoms with Gasteiger partial charge in [0.2, 0.25) is 0 Å². The molecule has 2 aliphatic carbocycles. The summed E-state index contributed by atoms with van der Waals surface area (Å²) in [6, 6.07) is 0.589. The molecule has 0 amide bonds. The smallest absolute Gasteiger partial charge is 0.157 e. The Balaban J connectivity index is 1.53. The Kier molecular flexibility index (Phi) is 4.91. The summed E-state index contributed by atoms with van der Waals surface area (Å²) in [7, 11) is 0. The predicted octanol–water partition coefficient (Wildman–Crippen LogP) is 4.30. The third-order valence-electron chi connectivity index (χ3n) is 5.37. The maximum Gasteiger partial charge on any atom is 0.157 e. The Bertz CT molecular complexity index is 353. The lowest BCUT2D eigenvalue weighted by molar-refractivity contribution is 0.250. The van der Waals surface area contributed by atoms with Gasteiger partial charge in [-0.2, -0.15) is 11.8 Å². The summed E-state index contributed by atoms with van der Waals surface area (Å²) in [6.07, 6.45) is 13.0. The number of amidine groups is 1. The van der Waals surface area contributed by atoms with Crippen molar-refractivity contribution in [1.82, 2.24) is 5.32 Å². The van der Waals surface area contributed by atoms with E-state index >= 15 is 0 Å². The molecule has 3 rings (SSSR count). The molecule has 0 aromatic heterocycles. The van der Waals surface area contributed by atoms with Crippen molar-refractivity contribution in [3.8, 4) is 0 Å². The highest BCUT2D eigenvalue weighted by molar-refractivity contribution is 8.14. The molecule has 1 saturated heterocycles. The van der Waals surface area contributed by atoms with Crippen LogP contribution in [0.5, 0.6) is 0 Å². The van der Waals surface area contributed by atoms with Gasteiger partial charge in [0, 0.05) is 16.5 Å². The highest BCUT2D eigenvalue weighted by Gasteiger charge is 2.39. The zero-order valence-corrected chi connectivity index (χ0v) is 14.5. The van der Waals surface area contributed by atoms with E-state index in [4.69, 9.17) is 4.99 Å². The molecule has 2 nitrogen and oxygen atoms in total. The van der Waals surface area contributed by atoms with Crippen LogP contribution in [0, 0.1) is 5.92 Å². The van der Waals surface area contributed by atoms with Gasteiger partial charge in [-0.25, -0.2) is 0 Å². The molecular weight excluding hydrogens is 284 g/mol. The number of hydrogen-bond donors (Lipinski definition) is 1. The minimum Gasteiger partial charge on any atom is -0.359 e. The van der Waals surface area contributed by atoms with Gasteiger partial charge in [0.1, 0.15) is 0 Å². The first-order valence-corrected chi connectivity index (χ1v) is 10.5. The molecule has 3 aliphatic rings.